The number of hydrogen-bond acceptors (Lipinski definition) is 7. The molecule has 146 valence electrons. The monoisotopic (exact) mass is 389 g/mol. The summed E-state index contributed by atoms with van der Waals surface area (Å²) >= 11 is 0. The van der Waals surface area contributed by atoms with Crippen LogP contribution in [0.25, 0.3) is 16.9 Å². The molecule has 1 aliphatic carbocycles. The quantitative estimate of drug-likeness (QED) is 0.538. The van der Waals surface area contributed by atoms with E-state index in [-0.39, 0.29) is 11.4 Å². The fourth-order valence-electron chi connectivity index (χ4n) is 3.21. The first-order chi connectivity index (χ1) is 14.0. The van der Waals surface area contributed by atoms with Crippen molar-refractivity contribution in [1.29, 1.82) is 0 Å². The number of nitrogens with one attached hydrogen (secondary N) is 2. The van der Waals surface area contributed by atoms with Gasteiger partial charge in [-0.05, 0) is 38.8 Å². The minimum Gasteiger partial charge on any atom is -0.442 e. The number of carbonyl (C=O) groups excluding carboxylic acids is 1. The summed E-state index contributed by atoms with van der Waals surface area (Å²) in [4.78, 5) is 25.9. The largest absolute Gasteiger partial charge is 0.442 e. The Kier molecular flexibility index (Phi) is 3.83. The molecule has 0 bridgehead atoms. The minimum absolute atomic E-state index is 0.00400. The van der Waals surface area contributed by atoms with Gasteiger partial charge in [-0.1, -0.05) is 6.07 Å². The normalized spacial score (nSPS) is 14.7. The Morgan fingerprint density at radius 1 is 1.24 bits per heavy atom. The Bertz CT molecular complexity index is 1210. The standard InChI is InChI=1S/C20H19N7O2/c1-12-15(16-17(26-20(2)6-7-20)22-11-23-19(16)29-12)18(28)25-13-9-24-27(10-13)14-5-3-4-8-21-14/h3-5,8-11H,6-7H2,1-2H3,(H,25,28)(H,22,23,26). The van der Waals surface area contributed by atoms with Crippen LogP contribution in [-0.4, -0.2) is 36.2 Å². The Morgan fingerprint density at radius 3 is 2.86 bits per heavy atom. The molecule has 4 aromatic rings. The van der Waals surface area contributed by atoms with Gasteiger partial charge < -0.3 is 15.1 Å². The van der Waals surface area contributed by atoms with Gasteiger partial charge in [0.15, 0.2) is 5.82 Å². The molecule has 9 heteroatoms. The van der Waals surface area contributed by atoms with E-state index in [2.05, 4.69) is 37.6 Å². The van der Waals surface area contributed by atoms with Crippen LogP contribution in [0.15, 0.2) is 47.5 Å². The van der Waals surface area contributed by atoms with Crippen LogP contribution >= 0.6 is 0 Å². The zero-order valence-electron chi connectivity index (χ0n) is 16.0. The molecule has 29 heavy (non-hydrogen) atoms. The number of pyridine rings is 1. The van der Waals surface area contributed by atoms with Crippen molar-refractivity contribution < 1.29 is 9.21 Å². The van der Waals surface area contributed by atoms with E-state index in [1.165, 1.54) is 6.33 Å². The van der Waals surface area contributed by atoms with Crippen LogP contribution in [0.4, 0.5) is 11.5 Å². The summed E-state index contributed by atoms with van der Waals surface area (Å²) in [5.41, 5.74) is 1.36. The zero-order valence-corrected chi connectivity index (χ0v) is 16.0. The summed E-state index contributed by atoms with van der Waals surface area (Å²) in [6.07, 6.45) is 8.53. The fraction of sp³-hybridized carbons (Fsp3) is 0.250. The predicted molar refractivity (Wildman–Crippen MR) is 107 cm³/mol. The number of hydrogen-bond donors (Lipinski definition) is 2. The lowest BCUT2D eigenvalue weighted by Gasteiger charge is -2.13. The molecule has 0 atom stereocenters. The molecule has 5 rings (SSSR count). The van der Waals surface area contributed by atoms with Crippen LogP contribution < -0.4 is 10.6 Å². The first-order valence-electron chi connectivity index (χ1n) is 9.32. The highest BCUT2D eigenvalue weighted by molar-refractivity contribution is 6.15. The van der Waals surface area contributed by atoms with Crippen molar-refractivity contribution in [3.63, 3.8) is 0 Å². The molecular weight excluding hydrogens is 370 g/mol. The van der Waals surface area contributed by atoms with Crippen molar-refractivity contribution in [3.05, 3.63) is 54.4 Å². The van der Waals surface area contributed by atoms with Crippen LogP contribution in [0.2, 0.25) is 0 Å². The van der Waals surface area contributed by atoms with Crippen molar-refractivity contribution in [3.8, 4) is 5.82 Å². The van der Waals surface area contributed by atoms with E-state index in [1.54, 1.807) is 30.2 Å². The van der Waals surface area contributed by atoms with Crippen LogP contribution in [0.3, 0.4) is 0 Å². The molecule has 0 unspecified atom stereocenters. The summed E-state index contributed by atoms with van der Waals surface area (Å²) in [6, 6.07) is 5.54. The molecule has 1 saturated carbocycles. The van der Waals surface area contributed by atoms with E-state index in [1.807, 2.05) is 18.2 Å². The van der Waals surface area contributed by atoms with E-state index in [9.17, 15) is 4.79 Å². The number of fused-ring (bicyclic) bond motifs is 1. The highest BCUT2D eigenvalue weighted by Gasteiger charge is 2.38. The number of rotatable bonds is 5. The predicted octanol–water partition coefficient (Wildman–Crippen LogP) is 3.33. The molecule has 1 aliphatic rings. The van der Waals surface area contributed by atoms with E-state index >= 15 is 0 Å². The van der Waals surface area contributed by atoms with Crippen molar-refractivity contribution in [2.75, 3.05) is 10.6 Å². The van der Waals surface area contributed by atoms with Gasteiger partial charge in [0.1, 0.15) is 17.9 Å². The Labute approximate surface area is 166 Å². The Balaban J connectivity index is 1.47. The molecule has 0 spiro atoms. The van der Waals surface area contributed by atoms with Crippen LogP contribution in [0.5, 0.6) is 0 Å². The molecule has 0 radical (unpaired) electrons. The molecule has 9 nitrogen and oxygen atoms in total. The maximum Gasteiger partial charge on any atom is 0.260 e. The highest BCUT2D eigenvalue weighted by Crippen LogP contribution is 2.40. The van der Waals surface area contributed by atoms with E-state index in [0.29, 0.717) is 39.7 Å². The van der Waals surface area contributed by atoms with Gasteiger partial charge in [0, 0.05) is 11.7 Å². The lowest BCUT2D eigenvalue weighted by Crippen LogP contribution is -2.18. The minimum atomic E-state index is -0.305. The second-order valence-corrected chi connectivity index (χ2v) is 7.44. The number of nitrogens with zero attached hydrogens (tertiary/aromatic N) is 5. The van der Waals surface area contributed by atoms with Crippen molar-refractivity contribution >= 4 is 28.5 Å². The fourth-order valence-corrected chi connectivity index (χ4v) is 3.21. The van der Waals surface area contributed by atoms with Gasteiger partial charge in [-0.3, -0.25) is 4.79 Å². The molecule has 0 saturated heterocycles. The van der Waals surface area contributed by atoms with E-state index in [0.717, 1.165) is 12.8 Å². The number of aromatic nitrogens is 5. The van der Waals surface area contributed by atoms with Crippen molar-refractivity contribution in [1.82, 2.24) is 24.7 Å². The summed E-state index contributed by atoms with van der Waals surface area (Å²) < 4.78 is 7.32. The highest BCUT2D eigenvalue weighted by atomic mass is 16.3. The molecule has 4 heterocycles. The third-order valence-electron chi connectivity index (χ3n) is 5.04. The third kappa shape index (κ3) is 3.20. The van der Waals surface area contributed by atoms with E-state index in [4.69, 9.17) is 4.42 Å². The van der Waals surface area contributed by atoms with Gasteiger partial charge >= 0.3 is 0 Å². The maximum atomic E-state index is 13.1. The molecule has 4 aromatic heterocycles. The third-order valence-corrected chi connectivity index (χ3v) is 5.04. The number of anilines is 2. The molecule has 0 aliphatic heterocycles. The zero-order chi connectivity index (χ0) is 20.0. The van der Waals surface area contributed by atoms with Gasteiger partial charge in [-0.15, -0.1) is 0 Å². The molecule has 1 fully saturated rings. The van der Waals surface area contributed by atoms with Gasteiger partial charge in [0.05, 0.1) is 29.0 Å². The van der Waals surface area contributed by atoms with Crippen molar-refractivity contribution in [2.24, 2.45) is 0 Å². The van der Waals surface area contributed by atoms with E-state index < -0.39 is 0 Å². The van der Waals surface area contributed by atoms with Gasteiger partial charge in [-0.2, -0.15) is 5.10 Å². The lowest BCUT2D eigenvalue weighted by atomic mass is 10.1. The van der Waals surface area contributed by atoms with Gasteiger partial charge in [-0.25, -0.2) is 19.6 Å². The van der Waals surface area contributed by atoms with Gasteiger partial charge in [0.2, 0.25) is 5.71 Å². The summed E-state index contributed by atoms with van der Waals surface area (Å²) in [5, 5.41) is 11.1. The smallest absolute Gasteiger partial charge is 0.260 e. The van der Waals surface area contributed by atoms with Crippen molar-refractivity contribution in [2.45, 2.75) is 32.2 Å². The molecule has 1 amide bonds. The molecule has 0 aromatic carbocycles. The summed E-state index contributed by atoms with van der Waals surface area (Å²) in [5.74, 6) is 1.46. The van der Waals surface area contributed by atoms with Crippen LogP contribution in [0, 0.1) is 6.92 Å². The van der Waals surface area contributed by atoms with Crippen LogP contribution in [0.1, 0.15) is 35.9 Å². The summed E-state index contributed by atoms with van der Waals surface area (Å²) in [6.45, 7) is 3.87. The lowest BCUT2D eigenvalue weighted by molar-refractivity contribution is 0.102. The first-order valence-corrected chi connectivity index (χ1v) is 9.32. The number of aryl methyl sites for hydroxylation is 1. The Morgan fingerprint density at radius 2 is 2.10 bits per heavy atom. The SMILES string of the molecule is Cc1oc2ncnc(NC3(C)CC3)c2c1C(=O)Nc1cnn(-c2ccccn2)c1. The first kappa shape index (κ1) is 17.4. The van der Waals surface area contributed by atoms with Crippen LogP contribution in [-0.2, 0) is 0 Å². The number of carbonyl (C=O) groups is 1. The topological polar surface area (TPSA) is 111 Å². The second kappa shape index (κ2) is 6.40. The maximum absolute atomic E-state index is 13.1. The summed E-state index contributed by atoms with van der Waals surface area (Å²) in [7, 11) is 0. The number of furan rings is 1. The average Bonchev–Trinajstić information content (AvgIpc) is 3.12. The van der Waals surface area contributed by atoms with Gasteiger partial charge in [0.25, 0.3) is 5.91 Å². The average molecular weight is 389 g/mol. The Hall–Kier alpha value is -3.75. The second-order valence-electron chi connectivity index (χ2n) is 7.44. The molecular formula is C20H19N7O2. The molecule has 2 N–H and O–H groups in total. The number of amides is 1.